The molecule has 1 aliphatic heterocycles. The SMILES string of the molecule is CCCOc1cccc(CC(=O)NC2[C@H]3CNC[C@@H]23)c1. The Morgan fingerprint density at radius 1 is 1.40 bits per heavy atom. The number of piperidine rings is 1. The van der Waals surface area contributed by atoms with E-state index in [0.29, 0.717) is 30.9 Å². The summed E-state index contributed by atoms with van der Waals surface area (Å²) in [5.74, 6) is 2.30. The van der Waals surface area contributed by atoms with Crippen LogP contribution in [0.25, 0.3) is 0 Å². The largest absolute Gasteiger partial charge is 0.494 e. The number of carbonyl (C=O) groups excluding carboxylic acids is 1. The van der Waals surface area contributed by atoms with Crippen LogP contribution in [0.5, 0.6) is 5.75 Å². The Labute approximate surface area is 119 Å². The van der Waals surface area contributed by atoms with E-state index in [0.717, 1.165) is 30.8 Å². The Hall–Kier alpha value is -1.55. The third-order valence-electron chi connectivity index (χ3n) is 4.16. The van der Waals surface area contributed by atoms with Crippen molar-refractivity contribution in [1.82, 2.24) is 10.6 Å². The monoisotopic (exact) mass is 274 g/mol. The van der Waals surface area contributed by atoms with Crippen LogP contribution in [0, 0.1) is 11.8 Å². The van der Waals surface area contributed by atoms with Crippen LogP contribution >= 0.6 is 0 Å². The van der Waals surface area contributed by atoms with Crippen molar-refractivity contribution in [3.8, 4) is 5.75 Å². The summed E-state index contributed by atoms with van der Waals surface area (Å²) in [4.78, 5) is 12.0. The Morgan fingerprint density at radius 3 is 2.95 bits per heavy atom. The molecule has 0 spiro atoms. The van der Waals surface area contributed by atoms with Gasteiger partial charge in [0.2, 0.25) is 5.91 Å². The zero-order valence-corrected chi connectivity index (χ0v) is 11.9. The van der Waals surface area contributed by atoms with Crippen molar-refractivity contribution in [2.75, 3.05) is 19.7 Å². The molecule has 2 fully saturated rings. The van der Waals surface area contributed by atoms with Gasteiger partial charge in [0.1, 0.15) is 5.75 Å². The van der Waals surface area contributed by atoms with Crippen molar-refractivity contribution in [3.05, 3.63) is 29.8 Å². The van der Waals surface area contributed by atoms with E-state index in [9.17, 15) is 4.79 Å². The number of hydrogen-bond acceptors (Lipinski definition) is 3. The minimum atomic E-state index is 0.122. The molecule has 1 amide bonds. The van der Waals surface area contributed by atoms with Gasteiger partial charge in [0.15, 0.2) is 0 Å². The van der Waals surface area contributed by atoms with Gasteiger partial charge in [-0.15, -0.1) is 0 Å². The number of ether oxygens (including phenoxy) is 1. The summed E-state index contributed by atoms with van der Waals surface area (Å²) in [6.07, 6.45) is 1.43. The zero-order valence-electron chi connectivity index (χ0n) is 11.9. The van der Waals surface area contributed by atoms with Gasteiger partial charge in [0, 0.05) is 19.1 Å². The van der Waals surface area contributed by atoms with Crippen molar-refractivity contribution in [2.45, 2.75) is 25.8 Å². The molecule has 3 rings (SSSR count). The van der Waals surface area contributed by atoms with Gasteiger partial charge < -0.3 is 15.4 Å². The molecule has 0 bridgehead atoms. The summed E-state index contributed by atoms with van der Waals surface area (Å²) in [5, 5.41) is 6.48. The number of hydrogen-bond donors (Lipinski definition) is 2. The van der Waals surface area contributed by atoms with Crippen LogP contribution in [-0.4, -0.2) is 31.6 Å². The minimum absolute atomic E-state index is 0.122. The predicted molar refractivity (Wildman–Crippen MR) is 77.7 cm³/mol. The number of carbonyl (C=O) groups is 1. The van der Waals surface area contributed by atoms with E-state index >= 15 is 0 Å². The summed E-state index contributed by atoms with van der Waals surface area (Å²) < 4.78 is 5.59. The van der Waals surface area contributed by atoms with Crippen LogP contribution in [0.1, 0.15) is 18.9 Å². The standard InChI is InChI=1S/C16H22N2O2/c1-2-6-20-12-5-3-4-11(7-12)8-15(19)18-16-13-9-17-10-14(13)16/h3-5,7,13-14,16-17H,2,6,8-10H2,1H3,(H,18,19)/t13-,14+,16?. The molecule has 1 aliphatic carbocycles. The average Bonchev–Trinajstić information content (AvgIpc) is 2.88. The molecule has 1 aromatic rings. The minimum Gasteiger partial charge on any atom is -0.494 e. The molecule has 1 saturated carbocycles. The molecule has 1 heterocycles. The van der Waals surface area contributed by atoms with E-state index in [2.05, 4.69) is 17.6 Å². The van der Waals surface area contributed by atoms with Crippen LogP contribution in [0.15, 0.2) is 24.3 Å². The lowest BCUT2D eigenvalue weighted by Crippen LogP contribution is -2.33. The van der Waals surface area contributed by atoms with Gasteiger partial charge >= 0.3 is 0 Å². The fourth-order valence-electron chi connectivity index (χ4n) is 3.02. The highest BCUT2D eigenvalue weighted by molar-refractivity contribution is 5.79. The first-order valence-corrected chi connectivity index (χ1v) is 7.49. The fourth-order valence-corrected chi connectivity index (χ4v) is 3.02. The number of amides is 1. The molecule has 2 aliphatic rings. The third-order valence-corrected chi connectivity index (χ3v) is 4.16. The van der Waals surface area contributed by atoms with Gasteiger partial charge in [0.05, 0.1) is 13.0 Å². The number of benzene rings is 1. The van der Waals surface area contributed by atoms with E-state index in [1.165, 1.54) is 0 Å². The number of rotatable bonds is 6. The lowest BCUT2D eigenvalue weighted by molar-refractivity contribution is -0.120. The second-order valence-corrected chi connectivity index (χ2v) is 5.75. The Kier molecular flexibility index (Phi) is 3.92. The number of fused-ring (bicyclic) bond motifs is 1. The fraction of sp³-hybridized carbons (Fsp3) is 0.562. The molecule has 4 heteroatoms. The van der Waals surface area contributed by atoms with Gasteiger partial charge in [-0.1, -0.05) is 19.1 Å². The molecular formula is C16H22N2O2. The molecule has 20 heavy (non-hydrogen) atoms. The topological polar surface area (TPSA) is 50.4 Å². The third kappa shape index (κ3) is 2.96. The van der Waals surface area contributed by atoms with Gasteiger partial charge in [-0.05, 0) is 36.0 Å². The normalized spacial score (nSPS) is 26.9. The second-order valence-electron chi connectivity index (χ2n) is 5.75. The van der Waals surface area contributed by atoms with E-state index in [1.807, 2.05) is 24.3 Å². The maximum Gasteiger partial charge on any atom is 0.224 e. The summed E-state index contributed by atoms with van der Waals surface area (Å²) in [7, 11) is 0. The Bertz CT molecular complexity index is 479. The first-order chi connectivity index (χ1) is 9.78. The maximum absolute atomic E-state index is 12.0. The van der Waals surface area contributed by atoms with Crippen LogP contribution in [0.4, 0.5) is 0 Å². The molecule has 0 aromatic heterocycles. The number of nitrogens with one attached hydrogen (secondary N) is 2. The first kappa shape index (κ1) is 13.4. The summed E-state index contributed by atoms with van der Waals surface area (Å²) >= 11 is 0. The van der Waals surface area contributed by atoms with Crippen molar-refractivity contribution in [1.29, 1.82) is 0 Å². The average molecular weight is 274 g/mol. The lowest BCUT2D eigenvalue weighted by Gasteiger charge is -2.09. The molecule has 3 atom stereocenters. The van der Waals surface area contributed by atoms with Crippen molar-refractivity contribution in [3.63, 3.8) is 0 Å². The van der Waals surface area contributed by atoms with Crippen molar-refractivity contribution < 1.29 is 9.53 Å². The van der Waals surface area contributed by atoms with Crippen LogP contribution in [0.2, 0.25) is 0 Å². The van der Waals surface area contributed by atoms with Crippen LogP contribution < -0.4 is 15.4 Å². The zero-order chi connectivity index (χ0) is 13.9. The summed E-state index contributed by atoms with van der Waals surface area (Å²) in [6.45, 7) is 4.90. The molecule has 1 saturated heterocycles. The first-order valence-electron chi connectivity index (χ1n) is 7.49. The predicted octanol–water partition coefficient (Wildman–Crippen LogP) is 1.35. The van der Waals surface area contributed by atoms with Gasteiger partial charge in [-0.25, -0.2) is 0 Å². The molecule has 1 aromatic carbocycles. The van der Waals surface area contributed by atoms with Gasteiger partial charge in [-0.3, -0.25) is 4.79 Å². The molecule has 1 unspecified atom stereocenters. The second kappa shape index (κ2) is 5.83. The Morgan fingerprint density at radius 2 is 2.20 bits per heavy atom. The van der Waals surface area contributed by atoms with Crippen molar-refractivity contribution >= 4 is 5.91 Å². The van der Waals surface area contributed by atoms with E-state index in [1.54, 1.807) is 0 Å². The van der Waals surface area contributed by atoms with Crippen LogP contribution in [0.3, 0.4) is 0 Å². The molecular weight excluding hydrogens is 252 g/mol. The van der Waals surface area contributed by atoms with E-state index in [4.69, 9.17) is 4.74 Å². The van der Waals surface area contributed by atoms with Crippen molar-refractivity contribution in [2.24, 2.45) is 11.8 Å². The van der Waals surface area contributed by atoms with Gasteiger partial charge in [-0.2, -0.15) is 0 Å². The Balaban J connectivity index is 1.50. The quantitative estimate of drug-likeness (QED) is 0.823. The lowest BCUT2D eigenvalue weighted by atomic mass is 10.1. The molecule has 0 radical (unpaired) electrons. The maximum atomic E-state index is 12.0. The molecule has 2 N–H and O–H groups in total. The van der Waals surface area contributed by atoms with Gasteiger partial charge in [0.25, 0.3) is 0 Å². The van der Waals surface area contributed by atoms with E-state index in [-0.39, 0.29) is 5.91 Å². The smallest absolute Gasteiger partial charge is 0.224 e. The summed E-state index contributed by atoms with van der Waals surface area (Å²) in [6, 6.07) is 8.23. The van der Waals surface area contributed by atoms with Crippen LogP contribution in [-0.2, 0) is 11.2 Å². The highest BCUT2D eigenvalue weighted by Gasteiger charge is 2.53. The highest BCUT2D eigenvalue weighted by Crippen LogP contribution is 2.41. The highest BCUT2D eigenvalue weighted by atomic mass is 16.5. The molecule has 108 valence electrons. The molecule has 4 nitrogen and oxygen atoms in total. The van der Waals surface area contributed by atoms with E-state index < -0.39 is 0 Å². The summed E-state index contributed by atoms with van der Waals surface area (Å²) in [5.41, 5.74) is 1.01.